The van der Waals surface area contributed by atoms with Gasteiger partial charge in [0.2, 0.25) is 15.8 Å². The minimum absolute atomic E-state index is 0.0128. The molecule has 21 heavy (non-hydrogen) atoms. The van der Waals surface area contributed by atoms with E-state index in [1.165, 1.54) is 11.2 Å². The van der Waals surface area contributed by atoms with Crippen LogP contribution in [0.1, 0.15) is 42.0 Å². The quantitative estimate of drug-likeness (QED) is 0.833. The first-order valence-corrected chi connectivity index (χ1v) is 8.66. The molecule has 0 bridgehead atoms. The summed E-state index contributed by atoms with van der Waals surface area (Å²) in [7, 11) is -3.68. The van der Waals surface area contributed by atoms with Crippen LogP contribution in [-0.4, -0.2) is 36.9 Å². The van der Waals surface area contributed by atoms with Gasteiger partial charge in [-0.05, 0) is 44.4 Å². The van der Waals surface area contributed by atoms with E-state index in [0.29, 0.717) is 24.9 Å². The molecule has 0 radical (unpaired) electrons. The van der Waals surface area contributed by atoms with Crippen LogP contribution in [0.4, 0.5) is 0 Å². The van der Waals surface area contributed by atoms with Gasteiger partial charge in [-0.3, -0.25) is 0 Å². The number of nitrogens with zero attached hydrogens (tertiary/aromatic N) is 1. The minimum atomic E-state index is -3.68. The number of hydrogen-bond acceptors (Lipinski definition) is 4. The molecule has 116 valence electrons. The highest BCUT2D eigenvalue weighted by molar-refractivity contribution is 7.89. The fourth-order valence-corrected chi connectivity index (χ4v) is 4.17. The van der Waals surface area contributed by atoms with E-state index in [1.54, 1.807) is 0 Å². The Morgan fingerprint density at radius 2 is 1.81 bits per heavy atom. The van der Waals surface area contributed by atoms with Gasteiger partial charge in [0, 0.05) is 19.2 Å². The molecule has 2 saturated carbocycles. The zero-order chi connectivity index (χ0) is 15.2. The van der Waals surface area contributed by atoms with Crippen LogP contribution in [0, 0.1) is 18.8 Å². The SMILES string of the molecule is Cc1oc(C(=O)O)cc1S(=O)(=O)N(CC1CC1)CC1CC1. The molecule has 1 aromatic heterocycles. The van der Waals surface area contributed by atoms with Crippen molar-refractivity contribution in [1.82, 2.24) is 4.31 Å². The lowest BCUT2D eigenvalue weighted by Crippen LogP contribution is -2.34. The van der Waals surface area contributed by atoms with Crippen LogP contribution in [0.3, 0.4) is 0 Å². The van der Waals surface area contributed by atoms with E-state index in [0.717, 1.165) is 31.7 Å². The van der Waals surface area contributed by atoms with Crippen molar-refractivity contribution in [2.45, 2.75) is 37.5 Å². The fourth-order valence-electron chi connectivity index (χ4n) is 2.41. The molecule has 0 spiro atoms. The standard InChI is InChI=1S/C14H19NO5S/c1-9-13(6-12(20-9)14(16)17)21(18,19)15(7-10-2-3-10)8-11-4-5-11/h6,10-11H,2-5,7-8H2,1H3,(H,16,17). The van der Waals surface area contributed by atoms with Gasteiger partial charge in [-0.15, -0.1) is 0 Å². The van der Waals surface area contributed by atoms with Gasteiger partial charge in [0.05, 0.1) is 0 Å². The Bertz CT molecular complexity index is 641. The van der Waals surface area contributed by atoms with Gasteiger partial charge >= 0.3 is 5.97 Å². The van der Waals surface area contributed by atoms with Crippen molar-refractivity contribution in [3.63, 3.8) is 0 Å². The fraction of sp³-hybridized carbons (Fsp3) is 0.643. The van der Waals surface area contributed by atoms with E-state index in [2.05, 4.69) is 0 Å². The first-order chi connectivity index (χ1) is 9.88. The third-order valence-corrected chi connectivity index (χ3v) is 5.96. The lowest BCUT2D eigenvalue weighted by molar-refractivity contribution is 0.0661. The number of carboxylic acids is 1. The molecule has 0 aliphatic heterocycles. The number of rotatable bonds is 7. The summed E-state index contributed by atoms with van der Waals surface area (Å²) in [5, 5.41) is 8.94. The van der Waals surface area contributed by atoms with Crippen LogP contribution in [0.15, 0.2) is 15.4 Å². The van der Waals surface area contributed by atoms with Crippen LogP contribution < -0.4 is 0 Å². The summed E-state index contributed by atoms with van der Waals surface area (Å²) >= 11 is 0. The Kier molecular flexibility index (Phi) is 3.57. The van der Waals surface area contributed by atoms with Crippen LogP contribution in [0.2, 0.25) is 0 Å². The third-order valence-electron chi connectivity index (χ3n) is 4.02. The van der Waals surface area contributed by atoms with Crippen molar-refractivity contribution in [1.29, 1.82) is 0 Å². The highest BCUT2D eigenvalue weighted by Crippen LogP contribution is 2.36. The molecule has 3 rings (SSSR count). The summed E-state index contributed by atoms with van der Waals surface area (Å²) < 4.78 is 32.1. The van der Waals surface area contributed by atoms with Gasteiger partial charge in [0.15, 0.2) is 0 Å². The molecule has 0 atom stereocenters. The number of carboxylic acid groups (broad SMARTS) is 1. The molecule has 2 fully saturated rings. The molecule has 2 aliphatic carbocycles. The molecule has 0 aromatic carbocycles. The van der Waals surface area contributed by atoms with Crippen LogP contribution in [0.25, 0.3) is 0 Å². The van der Waals surface area contributed by atoms with E-state index in [1.807, 2.05) is 0 Å². The van der Waals surface area contributed by atoms with Crippen LogP contribution >= 0.6 is 0 Å². The van der Waals surface area contributed by atoms with Gasteiger partial charge < -0.3 is 9.52 Å². The number of aromatic carboxylic acids is 1. The minimum Gasteiger partial charge on any atom is -0.475 e. The molecule has 0 saturated heterocycles. The first-order valence-electron chi connectivity index (χ1n) is 7.22. The Balaban J connectivity index is 1.89. The molecule has 7 heteroatoms. The summed E-state index contributed by atoms with van der Waals surface area (Å²) in [6.07, 6.45) is 4.28. The van der Waals surface area contributed by atoms with Gasteiger partial charge in [-0.2, -0.15) is 4.31 Å². The lowest BCUT2D eigenvalue weighted by Gasteiger charge is -2.21. The van der Waals surface area contributed by atoms with Gasteiger partial charge in [0.25, 0.3) is 0 Å². The maximum atomic E-state index is 12.8. The highest BCUT2D eigenvalue weighted by Gasteiger charge is 2.37. The first kappa shape index (κ1) is 14.6. The zero-order valence-corrected chi connectivity index (χ0v) is 12.7. The summed E-state index contributed by atoms with van der Waals surface area (Å²) in [6.45, 7) is 2.56. The zero-order valence-electron chi connectivity index (χ0n) is 11.9. The average molecular weight is 313 g/mol. The van der Waals surface area contributed by atoms with Crippen molar-refractivity contribution in [3.05, 3.63) is 17.6 Å². The molecular formula is C14H19NO5S. The molecule has 1 N–H and O–H groups in total. The van der Waals surface area contributed by atoms with E-state index in [4.69, 9.17) is 9.52 Å². The monoisotopic (exact) mass is 313 g/mol. The molecule has 2 aliphatic rings. The van der Waals surface area contributed by atoms with Crippen LogP contribution in [0.5, 0.6) is 0 Å². The smallest absolute Gasteiger partial charge is 0.371 e. The van der Waals surface area contributed by atoms with Gasteiger partial charge in [-0.25, -0.2) is 13.2 Å². The maximum Gasteiger partial charge on any atom is 0.371 e. The van der Waals surface area contributed by atoms with Gasteiger partial charge in [-0.1, -0.05) is 0 Å². The average Bonchev–Trinajstić information content (AvgIpc) is 3.30. The number of aryl methyl sites for hydroxylation is 1. The molecule has 6 nitrogen and oxygen atoms in total. The number of furan rings is 1. The number of sulfonamides is 1. The Morgan fingerprint density at radius 3 is 2.19 bits per heavy atom. The summed E-state index contributed by atoms with van der Waals surface area (Å²) in [6, 6.07) is 1.12. The van der Waals surface area contributed by atoms with E-state index in [9.17, 15) is 13.2 Å². The van der Waals surface area contributed by atoms with Crippen molar-refractivity contribution in [3.8, 4) is 0 Å². The second kappa shape index (κ2) is 5.14. The number of carbonyl (C=O) groups is 1. The summed E-state index contributed by atoms with van der Waals surface area (Å²) in [4.78, 5) is 10.9. The van der Waals surface area contributed by atoms with E-state index < -0.39 is 16.0 Å². The van der Waals surface area contributed by atoms with Gasteiger partial charge in [0.1, 0.15) is 10.7 Å². The highest BCUT2D eigenvalue weighted by atomic mass is 32.2. The van der Waals surface area contributed by atoms with Crippen molar-refractivity contribution >= 4 is 16.0 Å². The van der Waals surface area contributed by atoms with Crippen molar-refractivity contribution in [2.75, 3.05) is 13.1 Å². The van der Waals surface area contributed by atoms with E-state index in [-0.39, 0.29) is 16.4 Å². The van der Waals surface area contributed by atoms with Crippen molar-refractivity contribution < 1.29 is 22.7 Å². The molecule has 0 amide bonds. The number of hydrogen-bond donors (Lipinski definition) is 1. The Morgan fingerprint density at radius 1 is 1.29 bits per heavy atom. The van der Waals surface area contributed by atoms with Crippen LogP contribution in [-0.2, 0) is 10.0 Å². The molecule has 1 aromatic rings. The molecule has 0 unspecified atom stereocenters. The normalized spacial score (nSPS) is 19.1. The molecular weight excluding hydrogens is 294 g/mol. The third kappa shape index (κ3) is 3.13. The second-order valence-electron chi connectivity index (χ2n) is 6.05. The largest absolute Gasteiger partial charge is 0.475 e. The molecule has 1 heterocycles. The summed E-state index contributed by atoms with van der Waals surface area (Å²) in [5.74, 6) is -0.544. The lowest BCUT2D eigenvalue weighted by atomic mass is 10.4. The predicted molar refractivity (Wildman–Crippen MR) is 74.6 cm³/mol. The van der Waals surface area contributed by atoms with Crippen molar-refractivity contribution in [2.24, 2.45) is 11.8 Å². The summed E-state index contributed by atoms with van der Waals surface area (Å²) in [5.41, 5.74) is 0. The predicted octanol–water partition coefficient (Wildman–Crippen LogP) is 2.10. The van der Waals surface area contributed by atoms with E-state index >= 15 is 0 Å². The second-order valence-corrected chi connectivity index (χ2v) is 7.95. The Labute approximate surface area is 123 Å². The topological polar surface area (TPSA) is 87.8 Å². The maximum absolute atomic E-state index is 12.8. The Hall–Kier alpha value is -1.34.